The predicted molar refractivity (Wildman–Crippen MR) is 145 cm³/mol. The molecule has 2 aromatic heterocycles. The first-order valence-electron chi connectivity index (χ1n) is 12.6. The third-order valence-corrected chi connectivity index (χ3v) is 6.16. The Labute approximate surface area is 231 Å². The highest BCUT2D eigenvalue weighted by atomic mass is 19.1. The molecule has 2 N–H and O–H groups in total. The van der Waals surface area contributed by atoms with Crippen LogP contribution in [0.5, 0.6) is 5.88 Å². The number of carbonyl (C=O) groups excluding carboxylic acids is 1. The minimum Gasteiger partial charge on any atom is -0.474 e. The molecule has 1 aromatic carbocycles. The Morgan fingerprint density at radius 2 is 2.05 bits per heavy atom. The minimum absolute atomic E-state index is 0.140. The lowest BCUT2D eigenvalue weighted by atomic mass is 9.83. The highest BCUT2D eigenvalue weighted by Gasteiger charge is 2.44. The van der Waals surface area contributed by atoms with Crippen molar-refractivity contribution in [3.63, 3.8) is 0 Å². The molecule has 12 heteroatoms. The molecule has 0 spiro atoms. The molecule has 0 saturated heterocycles. The number of pyridine rings is 1. The average molecular weight is 551 g/mol. The maximum atomic E-state index is 14.0. The lowest BCUT2D eigenvalue weighted by Crippen LogP contribution is -2.40. The number of aliphatic hydroxyl groups excluding tert-OH is 1. The quantitative estimate of drug-likeness (QED) is 0.389. The zero-order valence-corrected chi connectivity index (χ0v) is 23.0. The molecule has 0 fully saturated rings. The second kappa shape index (κ2) is 11.4. The smallest absolute Gasteiger partial charge is 0.414 e. The summed E-state index contributed by atoms with van der Waals surface area (Å²) >= 11 is 0. The molecule has 1 atom stereocenters. The first-order valence-corrected chi connectivity index (χ1v) is 12.6. The Balaban J connectivity index is 1.72. The van der Waals surface area contributed by atoms with Crippen LogP contribution in [0.2, 0.25) is 0 Å². The van der Waals surface area contributed by atoms with Crippen molar-refractivity contribution in [2.45, 2.75) is 38.7 Å². The van der Waals surface area contributed by atoms with E-state index in [4.69, 9.17) is 14.2 Å². The van der Waals surface area contributed by atoms with Gasteiger partial charge in [0.15, 0.2) is 0 Å². The van der Waals surface area contributed by atoms with Gasteiger partial charge in [-0.15, -0.1) is 0 Å². The summed E-state index contributed by atoms with van der Waals surface area (Å²) < 4.78 is 30.1. The van der Waals surface area contributed by atoms with Crippen molar-refractivity contribution >= 4 is 23.4 Å². The van der Waals surface area contributed by atoms with Gasteiger partial charge in [0.05, 0.1) is 36.4 Å². The fraction of sp³-hybridized carbons (Fsp3) is 0.393. The molecule has 1 aliphatic heterocycles. The first kappa shape index (κ1) is 28.7. The number of carbonyl (C=O) groups is 1. The highest BCUT2D eigenvalue weighted by molar-refractivity contribution is 5.95. The van der Waals surface area contributed by atoms with E-state index in [1.54, 1.807) is 39.0 Å². The molecule has 3 aromatic rings. The number of nitrogens with one attached hydrogen (secondary N) is 1. The Hall–Kier alpha value is -4.34. The number of methoxy groups -OCH3 is 1. The Bertz CT molecular complexity index is 1450. The third kappa shape index (κ3) is 6.11. The van der Waals surface area contributed by atoms with Crippen LogP contribution in [0, 0.1) is 17.1 Å². The zero-order chi connectivity index (χ0) is 29.1. The van der Waals surface area contributed by atoms with E-state index in [1.807, 2.05) is 6.92 Å². The van der Waals surface area contributed by atoms with E-state index in [9.17, 15) is 19.6 Å². The molecule has 0 aliphatic carbocycles. The number of nitrogens with zero attached hydrogens (tertiary/aromatic N) is 5. The van der Waals surface area contributed by atoms with Gasteiger partial charge in [-0.25, -0.2) is 24.1 Å². The lowest BCUT2D eigenvalue weighted by molar-refractivity contribution is 0.0575. The summed E-state index contributed by atoms with van der Waals surface area (Å²) in [5, 5.41) is 23.3. The van der Waals surface area contributed by atoms with Crippen molar-refractivity contribution in [1.29, 1.82) is 5.26 Å². The van der Waals surface area contributed by atoms with Crippen LogP contribution in [-0.4, -0.2) is 65.2 Å². The molecule has 11 nitrogen and oxygen atoms in total. The molecule has 0 saturated carbocycles. The number of rotatable bonds is 8. The largest absolute Gasteiger partial charge is 0.474 e. The molecule has 40 heavy (non-hydrogen) atoms. The molecule has 1 aliphatic rings. The summed E-state index contributed by atoms with van der Waals surface area (Å²) in [5.41, 5.74) is 0.911. The number of hydrogen-bond donors (Lipinski definition) is 2. The fourth-order valence-electron chi connectivity index (χ4n) is 4.29. The van der Waals surface area contributed by atoms with Crippen LogP contribution in [-0.2, 0) is 14.9 Å². The fourth-order valence-corrected chi connectivity index (χ4v) is 4.29. The van der Waals surface area contributed by atoms with Gasteiger partial charge >= 0.3 is 6.09 Å². The van der Waals surface area contributed by atoms with Gasteiger partial charge < -0.3 is 24.6 Å². The van der Waals surface area contributed by atoms with Crippen molar-refractivity contribution < 1.29 is 28.5 Å². The van der Waals surface area contributed by atoms with E-state index in [-0.39, 0.29) is 42.8 Å². The van der Waals surface area contributed by atoms with Gasteiger partial charge in [-0.1, -0.05) is 6.92 Å². The van der Waals surface area contributed by atoms with E-state index in [0.29, 0.717) is 29.1 Å². The summed E-state index contributed by atoms with van der Waals surface area (Å²) in [7, 11) is 1.54. The number of amides is 1. The van der Waals surface area contributed by atoms with Crippen LogP contribution in [0.25, 0.3) is 11.3 Å². The average Bonchev–Trinajstić information content (AvgIpc) is 3.22. The second-order valence-electron chi connectivity index (χ2n) is 10.6. The topological polar surface area (TPSA) is 143 Å². The lowest BCUT2D eigenvalue weighted by Gasteiger charge is -2.26. The van der Waals surface area contributed by atoms with Crippen LogP contribution in [0.4, 0.5) is 26.5 Å². The molecule has 4 rings (SSSR count). The molecule has 1 amide bonds. The Morgan fingerprint density at radius 1 is 1.27 bits per heavy atom. The molecular formula is C28H31FN6O5. The minimum atomic E-state index is -0.844. The van der Waals surface area contributed by atoms with Crippen LogP contribution in [0.15, 0.2) is 36.7 Å². The number of hydrogen-bond acceptors (Lipinski definition) is 10. The van der Waals surface area contributed by atoms with E-state index < -0.39 is 22.9 Å². The standard InChI is InChI=1S/C28H31FN6O5/c1-27(2,3)40-26(37)35-15-28(4,16-36)20-11-17(10-18(13-30)23(20)35)21-6-7-31-25(33-21)34-22-12-19(29)14-32-24(22)39-9-8-38-5/h6-7,10-12,14,36H,8-9,15-16H2,1-5H3,(H,31,33,34)/t28-/m1/s1. The molecule has 210 valence electrons. The Kier molecular flexibility index (Phi) is 8.18. The molecule has 0 radical (unpaired) electrons. The predicted octanol–water partition coefficient (Wildman–Crippen LogP) is 4.32. The van der Waals surface area contributed by atoms with Crippen molar-refractivity contribution in [1.82, 2.24) is 15.0 Å². The van der Waals surface area contributed by atoms with E-state index >= 15 is 0 Å². The van der Waals surface area contributed by atoms with Gasteiger partial charge in [0, 0.05) is 36.9 Å². The van der Waals surface area contributed by atoms with E-state index in [0.717, 1.165) is 6.20 Å². The van der Waals surface area contributed by atoms with Crippen LogP contribution < -0.4 is 15.0 Å². The van der Waals surface area contributed by atoms with Gasteiger partial charge in [0.25, 0.3) is 0 Å². The van der Waals surface area contributed by atoms with E-state index in [2.05, 4.69) is 26.3 Å². The van der Waals surface area contributed by atoms with Crippen molar-refractivity contribution in [3.8, 4) is 23.2 Å². The van der Waals surface area contributed by atoms with Crippen molar-refractivity contribution in [2.75, 3.05) is 43.7 Å². The monoisotopic (exact) mass is 550 g/mol. The highest BCUT2D eigenvalue weighted by Crippen LogP contribution is 2.45. The first-order chi connectivity index (χ1) is 19.0. The molecule has 3 heterocycles. The number of fused-ring (bicyclic) bond motifs is 1. The van der Waals surface area contributed by atoms with Crippen molar-refractivity contribution in [3.05, 3.63) is 53.6 Å². The number of anilines is 3. The van der Waals surface area contributed by atoms with Gasteiger partial charge in [-0.05, 0) is 44.5 Å². The summed E-state index contributed by atoms with van der Waals surface area (Å²) in [6.07, 6.45) is 1.95. The molecule has 0 unspecified atom stereocenters. The number of halogens is 1. The summed E-state index contributed by atoms with van der Waals surface area (Å²) in [5.74, 6) is -0.286. The second-order valence-corrected chi connectivity index (χ2v) is 10.6. The maximum Gasteiger partial charge on any atom is 0.414 e. The number of ether oxygens (including phenoxy) is 3. The van der Waals surface area contributed by atoms with Crippen LogP contribution in [0.1, 0.15) is 38.8 Å². The third-order valence-electron chi connectivity index (χ3n) is 6.16. The van der Waals surface area contributed by atoms with Crippen molar-refractivity contribution in [2.24, 2.45) is 0 Å². The van der Waals surface area contributed by atoms with Crippen LogP contribution >= 0.6 is 0 Å². The Morgan fingerprint density at radius 3 is 2.73 bits per heavy atom. The summed E-state index contributed by atoms with van der Waals surface area (Å²) in [6, 6.07) is 8.46. The molecule has 0 bridgehead atoms. The normalized spacial score (nSPS) is 16.3. The molecular weight excluding hydrogens is 519 g/mol. The maximum absolute atomic E-state index is 14.0. The van der Waals surface area contributed by atoms with E-state index in [1.165, 1.54) is 24.3 Å². The van der Waals surface area contributed by atoms with Gasteiger partial charge in [0.1, 0.15) is 29.8 Å². The zero-order valence-electron chi connectivity index (χ0n) is 23.0. The number of nitriles is 1. The van der Waals surface area contributed by atoms with Gasteiger partial charge in [0.2, 0.25) is 11.8 Å². The SMILES string of the molecule is COCCOc1ncc(F)cc1Nc1nccc(-c2cc(C#N)c3c(c2)[C@@](C)(CO)CN3C(=O)OC(C)(C)C)n1. The summed E-state index contributed by atoms with van der Waals surface area (Å²) in [6.45, 7) is 7.51. The number of benzene rings is 1. The number of aromatic nitrogens is 3. The van der Waals surface area contributed by atoms with Crippen LogP contribution in [0.3, 0.4) is 0 Å². The summed E-state index contributed by atoms with van der Waals surface area (Å²) in [4.78, 5) is 27.2. The number of aliphatic hydroxyl groups is 1. The van der Waals surface area contributed by atoms with Gasteiger partial charge in [-0.3, -0.25) is 4.90 Å². The van der Waals surface area contributed by atoms with Gasteiger partial charge in [-0.2, -0.15) is 5.26 Å².